The topological polar surface area (TPSA) is 102 Å². The van der Waals surface area contributed by atoms with E-state index in [9.17, 15) is 9.59 Å². The van der Waals surface area contributed by atoms with Crippen LogP contribution in [0.1, 0.15) is 54.1 Å². The largest absolute Gasteiger partial charge is 0.364 e. The van der Waals surface area contributed by atoms with Crippen molar-refractivity contribution in [2.45, 2.75) is 53.0 Å². The Bertz CT molecular complexity index is 750. The summed E-state index contributed by atoms with van der Waals surface area (Å²) in [6.07, 6.45) is 3.44. The van der Waals surface area contributed by atoms with E-state index in [1.807, 2.05) is 27.7 Å². The molecule has 3 N–H and O–H groups in total. The fraction of sp³-hybridized carbons (Fsp3) is 0.500. The number of primary amides is 1. The van der Waals surface area contributed by atoms with Crippen LogP contribution in [0, 0.1) is 13.8 Å². The minimum Gasteiger partial charge on any atom is -0.364 e. The summed E-state index contributed by atoms with van der Waals surface area (Å²) in [5.41, 5.74) is 8.63. The molecule has 0 fully saturated rings. The summed E-state index contributed by atoms with van der Waals surface area (Å²) in [6.45, 7) is 7.81. The zero-order chi connectivity index (χ0) is 17.1. The second-order valence-corrected chi connectivity index (χ2v) is 5.79. The van der Waals surface area contributed by atoms with Crippen LogP contribution < -0.4 is 11.1 Å². The molecule has 0 spiro atoms. The van der Waals surface area contributed by atoms with Gasteiger partial charge in [-0.15, -0.1) is 0 Å². The lowest BCUT2D eigenvalue weighted by atomic mass is 10.1. The van der Waals surface area contributed by atoms with Gasteiger partial charge in [-0.3, -0.25) is 14.0 Å². The Morgan fingerprint density at radius 1 is 1.39 bits per heavy atom. The van der Waals surface area contributed by atoms with E-state index in [1.54, 1.807) is 10.7 Å². The monoisotopic (exact) mass is 317 g/mol. The quantitative estimate of drug-likeness (QED) is 0.838. The van der Waals surface area contributed by atoms with Gasteiger partial charge in [-0.25, -0.2) is 9.97 Å². The number of imidazole rings is 1. The lowest BCUT2D eigenvalue weighted by Gasteiger charge is -2.14. The minimum atomic E-state index is -0.598. The number of hydrogen-bond donors (Lipinski definition) is 2. The Morgan fingerprint density at radius 3 is 2.70 bits per heavy atom. The first kappa shape index (κ1) is 16.9. The van der Waals surface area contributed by atoms with Crippen LogP contribution >= 0.6 is 0 Å². The van der Waals surface area contributed by atoms with Crippen molar-refractivity contribution < 1.29 is 9.59 Å². The predicted octanol–water partition coefficient (Wildman–Crippen LogP) is 1.29. The van der Waals surface area contributed by atoms with Gasteiger partial charge in [-0.05, 0) is 39.2 Å². The van der Waals surface area contributed by atoms with E-state index in [0.717, 1.165) is 23.4 Å². The highest BCUT2D eigenvalue weighted by Gasteiger charge is 2.17. The zero-order valence-electron chi connectivity index (χ0n) is 14.0. The number of aryl methyl sites for hydroxylation is 2. The molecule has 0 aliphatic heterocycles. The van der Waals surface area contributed by atoms with Crippen LogP contribution in [0.2, 0.25) is 0 Å². The van der Waals surface area contributed by atoms with E-state index in [4.69, 9.17) is 5.73 Å². The Morgan fingerprint density at radius 2 is 2.09 bits per heavy atom. The molecule has 0 saturated heterocycles. The average Bonchev–Trinajstić information content (AvgIpc) is 2.90. The molecule has 2 heterocycles. The number of carbonyl (C=O) groups excluding carboxylic acids is 2. The van der Waals surface area contributed by atoms with Crippen molar-refractivity contribution in [3.8, 4) is 0 Å². The van der Waals surface area contributed by atoms with Gasteiger partial charge in [0.25, 0.3) is 5.91 Å². The Balaban J connectivity index is 2.25. The van der Waals surface area contributed by atoms with Gasteiger partial charge in [-0.2, -0.15) is 0 Å². The number of hydrogen-bond acceptors (Lipinski definition) is 4. The number of nitrogens with one attached hydrogen (secondary N) is 1. The van der Waals surface area contributed by atoms with E-state index in [2.05, 4.69) is 15.3 Å². The van der Waals surface area contributed by atoms with Crippen molar-refractivity contribution in [3.05, 3.63) is 29.0 Å². The van der Waals surface area contributed by atoms with E-state index in [0.29, 0.717) is 18.5 Å². The first-order valence-corrected chi connectivity index (χ1v) is 7.77. The number of nitrogens with two attached hydrogens (primary N) is 1. The third-order valence-corrected chi connectivity index (χ3v) is 4.11. The van der Waals surface area contributed by atoms with Crippen molar-refractivity contribution in [2.24, 2.45) is 5.73 Å². The molecule has 1 atom stereocenters. The van der Waals surface area contributed by atoms with Gasteiger partial charge in [0.05, 0.1) is 0 Å². The maximum absolute atomic E-state index is 12.0. The number of fused-ring (bicyclic) bond motifs is 1. The average molecular weight is 317 g/mol. The number of aromatic nitrogens is 3. The SMILES string of the molecule is CC[C@H](C)NC(=O)CCc1c(C)nc2c(C(N)=O)ncn2c1C. The standard InChI is InChI=1S/C16H23N5O2/c1-5-9(2)19-13(22)7-6-12-10(3)20-16-14(15(17)23)18-8-21(16)11(12)4/h8-9H,5-7H2,1-4H3,(H2,17,23)(H,19,22)/t9-/m0/s1. The molecule has 0 radical (unpaired) electrons. The Kier molecular flexibility index (Phi) is 4.98. The van der Waals surface area contributed by atoms with Crippen LogP contribution in [0.4, 0.5) is 0 Å². The highest BCUT2D eigenvalue weighted by atomic mass is 16.2. The molecule has 0 unspecified atom stereocenters. The van der Waals surface area contributed by atoms with Crippen LogP contribution in [-0.4, -0.2) is 32.2 Å². The summed E-state index contributed by atoms with van der Waals surface area (Å²) in [7, 11) is 0. The lowest BCUT2D eigenvalue weighted by Crippen LogP contribution is -2.32. The van der Waals surface area contributed by atoms with Gasteiger partial charge < -0.3 is 11.1 Å². The van der Waals surface area contributed by atoms with Crippen molar-refractivity contribution in [2.75, 3.05) is 0 Å². The molecule has 0 aromatic carbocycles. The second-order valence-electron chi connectivity index (χ2n) is 5.79. The maximum Gasteiger partial charge on any atom is 0.271 e. The lowest BCUT2D eigenvalue weighted by molar-refractivity contribution is -0.121. The fourth-order valence-electron chi connectivity index (χ4n) is 2.55. The van der Waals surface area contributed by atoms with Crippen molar-refractivity contribution >= 4 is 17.5 Å². The molecular weight excluding hydrogens is 294 g/mol. The third kappa shape index (κ3) is 3.49. The molecule has 0 aliphatic rings. The van der Waals surface area contributed by atoms with Gasteiger partial charge in [0.2, 0.25) is 5.91 Å². The highest BCUT2D eigenvalue weighted by Crippen LogP contribution is 2.18. The molecule has 7 heteroatoms. The fourth-order valence-corrected chi connectivity index (χ4v) is 2.55. The van der Waals surface area contributed by atoms with Crippen molar-refractivity contribution in [1.82, 2.24) is 19.7 Å². The molecule has 7 nitrogen and oxygen atoms in total. The molecular formula is C16H23N5O2. The summed E-state index contributed by atoms with van der Waals surface area (Å²) in [4.78, 5) is 31.8. The summed E-state index contributed by atoms with van der Waals surface area (Å²) in [6, 6.07) is 0.178. The van der Waals surface area contributed by atoms with Gasteiger partial charge in [0.15, 0.2) is 11.3 Å². The van der Waals surface area contributed by atoms with Gasteiger partial charge in [-0.1, -0.05) is 6.92 Å². The first-order chi connectivity index (χ1) is 10.8. The van der Waals surface area contributed by atoms with Crippen molar-refractivity contribution in [1.29, 1.82) is 0 Å². The van der Waals surface area contributed by atoms with E-state index < -0.39 is 5.91 Å². The molecule has 2 aromatic heterocycles. The maximum atomic E-state index is 12.0. The van der Waals surface area contributed by atoms with Crippen LogP contribution in [-0.2, 0) is 11.2 Å². The van der Waals surface area contributed by atoms with Gasteiger partial charge >= 0.3 is 0 Å². The summed E-state index contributed by atoms with van der Waals surface area (Å²) in [5, 5.41) is 2.96. The normalized spacial score (nSPS) is 12.3. The van der Waals surface area contributed by atoms with Gasteiger partial charge in [0, 0.05) is 23.9 Å². The van der Waals surface area contributed by atoms with Crippen molar-refractivity contribution in [3.63, 3.8) is 0 Å². The van der Waals surface area contributed by atoms with Crippen LogP contribution in [0.25, 0.3) is 5.65 Å². The summed E-state index contributed by atoms with van der Waals surface area (Å²) in [5.74, 6) is -0.568. The summed E-state index contributed by atoms with van der Waals surface area (Å²) < 4.78 is 1.75. The molecule has 2 aromatic rings. The van der Waals surface area contributed by atoms with Crippen LogP contribution in [0.5, 0.6) is 0 Å². The smallest absolute Gasteiger partial charge is 0.271 e. The van der Waals surface area contributed by atoms with E-state index in [1.165, 1.54) is 0 Å². The molecule has 0 bridgehead atoms. The zero-order valence-corrected chi connectivity index (χ0v) is 14.0. The predicted molar refractivity (Wildman–Crippen MR) is 87.2 cm³/mol. The molecule has 23 heavy (non-hydrogen) atoms. The van der Waals surface area contributed by atoms with Crippen LogP contribution in [0.15, 0.2) is 6.33 Å². The highest BCUT2D eigenvalue weighted by molar-refractivity contribution is 5.96. The van der Waals surface area contributed by atoms with E-state index in [-0.39, 0.29) is 17.6 Å². The summed E-state index contributed by atoms with van der Waals surface area (Å²) >= 11 is 0. The van der Waals surface area contributed by atoms with E-state index >= 15 is 0 Å². The molecule has 0 aliphatic carbocycles. The number of carbonyl (C=O) groups is 2. The molecule has 2 amide bonds. The Labute approximate surface area is 135 Å². The number of rotatable bonds is 6. The third-order valence-electron chi connectivity index (χ3n) is 4.11. The molecule has 124 valence electrons. The minimum absolute atomic E-state index is 0.0294. The molecule has 2 rings (SSSR count). The van der Waals surface area contributed by atoms with Gasteiger partial charge in [0.1, 0.15) is 6.33 Å². The van der Waals surface area contributed by atoms with Crippen LogP contribution in [0.3, 0.4) is 0 Å². The molecule has 0 saturated carbocycles. The number of nitrogens with zero attached hydrogens (tertiary/aromatic N) is 3. The second kappa shape index (κ2) is 6.76. The number of amides is 2. The first-order valence-electron chi connectivity index (χ1n) is 7.77. The Hall–Kier alpha value is -2.44.